The fraction of sp³-hybridized carbons (Fsp3) is 0.333. The summed E-state index contributed by atoms with van der Waals surface area (Å²) >= 11 is 0. The lowest BCUT2D eigenvalue weighted by atomic mass is 10.1. The molecule has 124 valence electrons. The van der Waals surface area contributed by atoms with Crippen LogP contribution in [0.5, 0.6) is 17.2 Å². The van der Waals surface area contributed by atoms with Crippen LogP contribution in [0.25, 0.3) is 0 Å². The molecule has 0 fully saturated rings. The second-order valence-electron chi connectivity index (χ2n) is 5.46. The largest absolute Gasteiger partial charge is 0.493 e. The third-order valence-corrected chi connectivity index (χ3v) is 3.59. The minimum absolute atomic E-state index is 0.113. The van der Waals surface area contributed by atoms with Crippen molar-refractivity contribution < 1.29 is 23.0 Å². The predicted molar refractivity (Wildman–Crippen MR) is 84.4 cm³/mol. The summed E-state index contributed by atoms with van der Waals surface area (Å²) in [6.07, 6.45) is 0. The van der Waals surface area contributed by atoms with Crippen LogP contribution in [0.3, 0.4) is 0 Å². The van der Waals surface area contributed by atoms with Gasteiger partial charge in [0.05, 0.1) is 7.11 Å². The summed E-state index contributed by atoms with van der Waals surface area (Å²) in [6.45, 7) is 6.99. The molecule has 0 bridgehead atoms. The first-order chi connectivity index (χ1) is 10.8. The van der Waals surface area contributed by atoms with Crippen LogP contribution in [0.4, 0.5) is 8.78 Å². The molecule has 1 aliphatic heterocycles. The maximum absolute atomic E-state index is 12.9. The number of halogens is 2. The molecule has 5 heteroatoms. The topological polar surface area (TPSA) is 27.7 Å². The molecule has 3 nitrogen and oxygen atoms in total. The van der Waals surface area contributed by atoms with Gasteiger partial charge in [0.2, 0.25) is 12.5 Å². The fourth-order valence-electron chi connectivity index (χ4n) is 2.40. The molecule has 0 aliphatic carbocycles. The average molecular weight is 322 g/mol. The molecular weight excluding hydrogens is 302 g/mol. The summed E-state index contributed by atoms with van der Waals surface area (Å²) in [5, 5.41) is 0. The van der Waals surface area contributed by atoms with Crippen LogP contribution in [0.2, 0.25) is 0 Å². The molecule has 2 aromatic carbocycles. The summed E-state index contributed by atoms with van der Waals surface area (Å²) in [5.41, 5.74) is 2.22. The highest BCUT2D eigenvalue weighted by atomic mass is 19.1. The Balaban J connectivity index is 0.000000168. The van der Waals surface area contributed by atoms with Crippen molar-refractivity contribution in [3.63, 3.8) is 0 Å². The summed E-state index contributed by atoms with van der Waals surface area (Å²) in [4.78, 5) is 0. The predicted octanol–water partition coefficient (Wildman–Crippen LogP) is 4.62. The van der Waals surface area contributed by atoms with E-state index in [0.29, 0.717) is 16.9 Å². The molecule has 0 saturated carbocycles. The van der Waals surface area contributed by atoms with Gasteiger partial charge in [-0.1, -0.05) is 6.07 Å². The van der Waals surface area contributed by atoms with Crippen molar-refractivity contribution in [3.05, 3.63) is 52.1 Å². The number of hydrogen-bond donors (Lipinski definition) is 0. The molecule has 1 aliphatic rings. The van der Waals surface area contributed by atoms with Gasteiger partial charge in [0.15, 0.2) is 11.5 Å². The van der Waals surface area contributed by atoms with Gasteiger partial charge < -0.3 is 14.2 Å². The minimum Gasteiger partial charge on any atom is -0.493 e. The van der Waals surface area contributed by atoms with Crippen molar-refractivity contribution in [1.82, 2.24) is 0 Å². The van der Waals surface area contributed by atoms with E-state index >= 15 is 0 Å². The molecule has 0 amide bonds. The second-order valence-corrected chi connectivity index (χ2v) is 5.46. The molecule has 23 heavy (non-hydrogen) atoms. The third-order valence-electron chi connectivity index (χ3n) is 3.59. The van der Waals surface area contributed by atoms with E-state index in [1.807, 2.05) is 19.1 Å². The van der Waals surface area contributed by atoms with Gasteiger partial charge in [-0.05, 0) is 56.5 Å². The first-order valence-electron chi connectivity index (χ1n) is 7.21. The number of benzene rings is 2. The molecule has 0 atom stereocenters. The summed E-state index contributed by atoms with van der Waals surface area (Å²) < 4.78 is 41.4. The molecule has 0 aromatic heterocycles. The van der Waals surface area contributed by atoms with E-state index in [9.17, 15) is 8.78 Å². The van der Waals surface area contributed by atoms with Gasteiger partial charge in [-0.3, -0.25) is 0 Å². The zero-order valence-electron chi connectivity index (χ0n) is 13.9. The molecule has 0 N–H and O–H groups in total. The standard InChI is InChI=1S/C9H10F2.C9H10O3/c1-5-4-6(2)9(11)7(3)8(5)10;1-6-3-7(10-2)9-8(4-6)11-5-12-9/h4H,1-3H3;3-4H,5H2,1-2H3. The lowest BCUT2D eigenvalue weighted by molar-refractivity contribution is 0.171. The van der Waals surface area contributed by atoms with Crippen LogP contribution in [-0.4, -0.2) is 13.9 Å². The molecule has 0 spiro atoms. The summed E-state index contributed by atoms with van der Waals surface area (Å²) in [7, 11) is 1.62. The molecule has 0 radical (unpaired) electrons. The first-order valence-corrected chi connectivity index (χ1v) is 7.21. The second kappa shape index (κ2) is 6.86. The summed E-state index contributed by atoms with van der Waals surface area (Å²) in [5.74, 6) is 1.35. The molecule has 2 aromatic rings. The Bertz CT molecular complexity index is 701. The van der Waals surface area contributed by atoms with Crippen molar-refractivity contribution >= 4 is 0 Å². The number of hydrogen-bond acceptors (Lipinski definition) is 3. The number of ether oxygens (including phenoxy) is 3. The van der Waals surface area contributed by atoms with Crippen LogP contribution in [0.15, 0.2) is 18.2 Å². The van der Waals surface area contributed by atoms with E-state index in [1.165, 1.54) is 13.0 Å². The molecule has 0 saturated heterocycles. The third kappa shape index (κ3) is 3.55. The molecular formula is C18H20F2O3. The summed E-state index contributed by atoms with van der Waals surface area (Å²) in [6, 6.07) is 5.37. The van der Waals surface area contributed by atoms with Crippen LogP contribution in [0, 0.1) is 39.3 Å². The maximum atomic E-state index is 12.9. The van der Waals surface area contributed by atoms with Crippen molar-refractivity contribution in [1.29, 1.82) is 0 Å². The van der Waals surface area contributed by atoms with Gasteiger partial charge >= 0.3 is 0 Å². The van der Waals surface area contributed by atoms with Crippen molar-refractivity contribution in [2.75, 3.05) is 13.9 Å². The quantitative estimate of drug-likeness (QED) is 0.766. The Hall–Kier alpha value is -2.30. The van der Waals surface area contributed by atoms with Crippen LogP contribution in [-0.2, 0) is 0 Å². The zero-order chi connectivity index (χ0) is 17.1. The number of aryl methyl sites for hydroxylation is 3. The van der Waals surface area contributed by atoms with Gasteiger partial charge in [0.1, 0.15) is 11.6 Å². The highest BCUT2D eigenvalue weighted by Crippen LogP contribution is 2.41. The molecule has 3 rings (SSSR count). The Morgan fingerprint density at radius 3 is 2.09 bits per heavy atom. The first kappa shape index (κ1) is 17.1. The van der Waals surface area contributed by atoms with E-state index in [2.05, 4.69) is 0 Å². The minimum atomic E-state index is -0.437. The molecule has 0 unspecified atom stereocenters. The van der Waals surface area contributed by atoms with Crippen LogP contribution in [0.1, 0.15) is 22.3 Å². The van der Waals surface area contributed by atoms with Gasteiger partial charge in [-0.15, -0.1) is 0 Å². The SMILES string of the molecule is COc1cc(C)cc2c1OCO2.Cc1cc(C)c(F)c(C)c1F. The van der Waals surface area contributed by atoms with Gasteiger partial charge in [-0.2, -0.15) is 0 Å². The van der Waals surface area contributed by atoms with E-state index in [4.69, 9.17) is 14.2 Å². The normalized spacial score (nSPS) is 11.8. The van der Waals surface area contributed by atoms with Crippen LogP contribution >= 0.6 is 0 Å². The molecule has 1 heterocycles. The number of rotatable bonds is 1. The Morgan fingerprint density at radius 2 is 1.52 bits per heavy atom. The van der Waals surface area contributed by atoms with E-state index in [1.54, 1.807) is 21.0 Å². The van der Waals surface area contributed by atoms with Gasteiger partial charge in [0, 0.05) is 5.56 Å². The Kier molecular flexibility index (Phi) is 5.08. The van der Waals surface area contributed by atoms with Crippen molar-refractivity contribution in [3.8, 4) is 17.2 Å². The smallest absolute Gasteiger partial charge is 0.231 e. The van der Waals surface area contributed by atoms with Gasteiger partial charge in [0.25, 0.3) is 0 Å². The lowest BCUT2D eigenvalue weighted by Crippen LogP contribution is -1.95. The average Bonchev–Trinajstić information content (AvgIpc) is 2.99. The number of methoxy groups -OCH3 is 1. The highest BCUT2D eigenvalue weighted by Gasteiger charge is 2.18. The van der Waals surface area contributed by atoms with E-state index < -0.39 is 11.6 Å². The maximum Gasteiger partial charge on any atom is 0.231 e. The van der Waals surface area contributed by atoms with Crippen molar-refractivity contribution in [2.24, 2.45) is 0 Å². The van der Waals surface area contributed by atoms with Gasteiger partial charge in [-0.25, -0.2) is 8.78 Å². The lowest BCUT2D eigenvalue weighted by Gasteiger charge is -2.04. The van der Waals surface area contributed by atoms with E-state index in [-0.39, 0.29) is 12.4 Å². The monoisotopic (exact) mass is 322 g/mol. The zero-order valence-corrected chi connectivity index (χ0v) is 13.9. The van der Waals surface area contributed by atoms with Crippen LogP contribution < -0.4 is 14.2 Å². The fourth-order valence-corrected chi connectivity index (χ4v) is 2.40. The van der Waals surface area contributed by atoms with Crippen molar-refractivity contribution in [2.45, 2.75) is 27.7 Å². The number of fused-ring (bicyclic) bond motifs is 1. The Labute approximate surface area is 134 Å². The Morgan fingerprint density at radius 1 is 0.913 bits per heavy atom. The van der Waals surface area contributed by atoms with E-state index in [0.717, 1.165) is 17.1 Å². The highest BCUT2D eigenvalue weighted by molar-refractivity contribution is 5.54.